The van der Waals surface area contributed by atoms with Gasteiger partial charge in [-0.15, -0.1) is 0 Å². The number of urea groups is 1. The van der Waals surface area contributed by atoms with Crippen LogP contribution in [0.1, 0.15) is 26.7 Å². The van der Waals surface area contributed by atoms with Crippen molar-refractivity contribution >= 4 is 23.5 Å². The fraction of sp³-hybridized carbons (Fsp3) is 0.500. The summed E-state index contributed by atoms with van der Waals surface area (Å²) in [7, 11) is 0. The Hall–Kier alpha value is -2.37. The molecule has 3 rings (SSSR count). The second kappa shape index (κ2) is 6.63. The monoisotopic (exact) mass is 329 g/mol. The summed E-state index contributed by atoms with van der Waals surface area (Å²) in [6, 6.07) is 8.07. The van der Waals surface area contributed by atoms with Crippen molar-refractivity contribution in [2.75, 3.05) is 24.5 Å². The van der Waals surface area contributed by atoms with Crippen LogP contribution in [0.5, 0.6) is 0 Å². The van der Waals surface area contributed by atoms with E-state index in [0.29, 0.717) is 24.7 Å². The molecule has 0 aromatic heterocycles. The highest BCUT2D eigenvalue weighted by atomic mass is 16.2. The molecule has 6 nitrogen and oxygen atoms in total. The van der Waals surface area contributed by atoms with Crippen LogP contribution in [0.3, 0.4) is 0 Å². The molecule has 0 bridgehead atoms. The molecule has 0 N–H and O–H groups in total. The van der Waals surface area contributed by atoms with E-state index >= 15 is 0 Å². The highest BCUT2D eigenvalue weighted by Crippen LogP contribution is 2.25. The van der Waals surface area contributed by atoms with Gasteiger partial charge in [0, 0.05) is 18.8 Å². The fourth-order valence-corrected chi connectivity index (χ4v) is 3.45. The lowest BCUT2D eigenvalue weighted by Crippen LogP contribution is -2.46. The fourth-order valence-electron chi connectivity index (χ4n) is 3.45. The Morgan fingerprint density at radius 1 is 1.17 bits per heavy atom. The predicted octanol–water partition coefficient (Wildman–Crippen LogP) is 2.10. The molecule has 128 valence electrons. The van der Waals surface area contributed by atoms with Gasteiger partial charge in [-0.2, -0.15) is 0 Å². The molecular weight excluding hydrogens is 306 g/mol. The minimum atomic E-state index is -0.590. The van der Waals surface area contributed by atoms with Crippen LogP contribution in [0, 0.1) is 5.92 Å². The molecule has 2 aliphatic rings. The van der Waals surface area contributed by atoms with E-state index in [1.165, 1.54) is 4.90 Å². The van der Waals surface area contributed by atoms with E-state index < -0.39 is 12.1 Å². The molecule has 1 aromatic carbocycles. The van der Waals surface area contributed by atoms with Gasteiger partial charge in [-0.25, -0.2) is 4.79 Å². The van der Waals surface area contributed by atoms with Crippen LogP contribution in [0.15, 0.2) is 30.3 Å². The minimum absolute atomic E-state index is 0.148. The third-order valence-corrected chi connectivity index (χ3v) is 4.79. The van der Waals surface area contributed by atoms with Gasteiger partial charge in [0.15, 0.2) is 0 Å². The van der Waals surface area contributed by atoms with Crippen LogP contribution < -0.4 is 4.90 Å². The lowest BCUT2D eigenvalue weighted by Gasteiger charge is -2.31. The topological polar surface area (TPSA) is 60.9 Å². The average molecular weight is 329 g/mol. The first-order valence-corrected chi connectivity index (χ1v) is 8.46. The van der Waals surface area contributed by atoms with E-state index in [2.05, 4.69) is 6.92 Å². The molecule has 0 radical (unpaired) electrons. The van der Waals surface area contributed by atoms with Crippen molar-refractivity contribution in [2.45, 2.75) is 32.7 Å². The molecule has 2 aliphatic heterocycles. The normalized spacial score (nSPS) is 24.7. The zero-order chi connectivity index (χ0) is 17.3. The standard InChI is InChI=1S/C18H23N3O3/c1-13-7-6-10-19(11-13)16(22)12-20-17(23)14(2)21(18(20)24)15-8-4-3-5-9-15/h3-5,8-9,13-14H,6-7,10-12H2,1-2H3/t13-,14+/m0/s1. The summed E-state index contributed by atoms with van der Waals surface area (Å²) in [6.07, 6.45) is 2.09. The van der Waals surface area contributed by atoms with Crippen LogP contribution in [-0.4, -0.2) is 53.3 Å². The van der Waals surface area contributed by atoms with E-state index in [9.17, 15) is 14.4 Å². The molecule has 0 unspecified atom stereocenters. The molecule has 0 saturated carbocycles. The molecule has 6 heteroatoms. The summed E-state index contributed by atoms with van der Waals surface area (Å²) in [4.78, 5) is 42.0. The van der Waals surface area contributed by atoms with Crippen LogP contribution in [0.4, 0.5) is 10.5 Å². The predicted molar refractivity (Wildman–Crippen MR) is 90.5 cm³/mol. The molecule has 4 amide bonds. The summed E-state index contributed by atoms with van der Waals surface area (Å²) in [5.41, 5.74) is 0.671. The van der Waals surface area contributed by atoms with E-state index in [1.54, 1.807) is 24.0 Å². The molecule has 2 fully saturated rings. The summed E-state index contributed by atoms with van der Waals surface area (Å²) >= 11 is 0. The number of rotatable bonds is 3. The molecular formula is C18H23N3O3. The van der Waals surface area contributed by atoms with Gasteiger partial charge < -0.3 is 4.90 Å². The number of piperidine rings is 1. The number of anilines is 1. The Bertz CT molecular complexity index is 646. The van der Waals surface area contributed by atoms with Gasteiger partial charge in [-0.3, -0.25) is 19.4 Å². The second-order valence-electron chi connectivity index (χ2n) is 6.68. The largest absolute Gasteiger partial charge is 0.341 e. The van der Waals surface area contributed by atoms with Gasteiger partial charge in [0.1, 0.15) is 12.6 Å². The molecule has 1 aromatic rings. The van der Waals surface area contributed by atoms with E-state index in [0.717, 1.165) is 17.7 Å². The summed E-state index contributed by atoms with van der Waals surface area (Å²) < 4.78 is 0. The maximum atomic E-state index is 12.7. The Kier molecular flexibility index (Phi) is 4.55. The van der Waals surface area contributed by atoms with Crippen LogP contribution in [0.2, 0.25) is 0 Å². The van der Waals surface area contributed by atoms with E-state index in [-0.39, 0.29) is 18.4 Å². The van der Waals surface area contributed by atoms with Gasteiger partial charge in [0.05, 0.1) is 0 Å². The molecule has 0 spiro atoms. The Labute approximate surface area is 142 Å². The van der Waals surface area contributed by atoms with Gasteiger partial charge >= 0.3 is 6.03 Å². The molecule has 24 heavy (non-hydrogen) atoms. The number of hydrogen-bond acceptors (Lipinski definition) is 3. The summed E-state index contributed by atoms with van der Waals surface area (Å²) in [6.45, 7) is 5.05. The Morgan fingerprint density at radius 3 is 2.54 bits per heavy atom. The first kappa shape index (κ1) is 16.5. The number of nitrogens with zero attached hydrogens (tertiary/aromatic N) is 3. The third-order valence-electron chi connectivity index (χ3n) is 4.79. The quantitative estimate of drug-likeness (QED) is 0.798. The highest BCUT2D eigenvalue weighted by Gasteiger charge is 2.44. The summed E-state index contributed by atoms with van der Waals surface area (Å²) in [5.74, 6) is 0.0000413. The lowest BCUT2D eigenvalue weighted by molar-refractivity contribution is -0.138. The van der Waals surface area contributed by atoms with Crippen LogP contribution >= 0.6 is 0 Å². The highest BCUT2D eigenvalue weighted by molar-refractivity contribution is 6.15. The lowest BCUT2D eigenvalue weighted by atomic mass is 10.0. The second-order valence-corrected chi connectivity index (χ2v) is 6.68. The first-order valence-electron chi connectivity index (χ1n) is 8.46. The number of carbonyl (C=O) groups excluding carboxylic acids is 3. The smallest absolute Gasteiger partial charge is 0.332 e. The molecule has 2 atom stereocenters. The van der Waals surface area contributed by atoms with Crippen molar-refractivity contribution < 1.29 is 14.4 Å². The number of imide groups is 1. The van der Waals surface area contributed by atoms with Crippen molar-refractivity contribution in [3.05, 3.63) is 30.3 Å². The Morgan fingerprint density at radius 2 is 1.88 bits per heavy atom. The molecule has 2 saturated heterocycles. The molecule has 2 heterocycles. The minimum Gasteiger partial charge on any atom is -0.341 e. The van der Waals surface area contributed by atoms with Crippen molar-refractivity contribution in [2.24, 2.45) is 5.92 Å². The van der Waals surface area contributed by atoms with Gasteiger partial charge in [-0.05, 0) is 37.8 Å². The van der Waals surface area contributed by atoms with Gasteiger partial charge in [0.25, 0.3) is 5.91 Å². The Balaban J connectivity index is 1.73. The average Bonchev–Trinajstić information content (AvgIpc) is 2.79. The number of para-hydroxylation sites is 1. The first-order chi connectivity index (χ1) is 11.5. The zero-order valence-corrected chi connectivity index (χ0v) is 14.1. The number of amides is 4. The third kappa shape index (κ3) is 3.00. The van der Waals surface area contributed by atoms with Crippen molar-refractivity contribution in [1.82, 2.24) is 9.80 Å². The summed E-state index contributed by atoms with van der Waals surface area (Å²) in [5, 5.41) is 0. The maximum absolute atomic E-state index is 12.7. The number of hydrogen-bond donors (Lipinski definition) is 0. The number of carbonyl (C=O) groups is 3. The number of benzene rings is 1. The number of likely N-dealkylation sites (tertiary alicyclic amines) is 1. The van der Waals surface area contributed by atoms with E-state index in [1.807, 2.05) is 18.2 Å². The molecule has 0 aliphatic carbocycles. The van der Waals surface area contributed by atoms with Crippen molar-refractivity contribution in [3.63, 3.8) is 0 Å². The van der Waals surface area contributed by atoms with Crippen molar-refractivity contribution in [3.8, 4) is 0 Å². The van der Waals surface area contributed by atoms with Crippen LogP contribution in [0.25, 0.3) is 0 Å². The SMILES string of the molecule is C[C@H]1CCCN(C(=O)CN2C(=O)[C@@H](C)N(c3ccccc3)C2=O)C1. The maximum Gasteiger partial charge on any atom is 0.332 e. The zero-order valence-electron chi connectivity index (χ0n) is 14.1. The van der Waals surface area contributed by atoms with Gasteiger partial charge in [-0.1, -0.05) is 25.1 Å². The van der Waals surface area contributed by atoms with Crippen LogP contribution in [-0.2, 0) is 9.59 Å². The van der Waals surface area contributed by atoms with Crippen molar-refractivity contribution in [1.29, 1.82) is 0 Å². The van der Waals surface area contributed by atoms with Gasteiger partial charge in [0.2, 0.25) is 5.91 Å². The van der Waals surface area contributed by atoms with E-state index in [4.69, 9.17) is 0 Å².